The van der Waals surface area contributed by atoms with E-state index in [2.05, 4.69) is 57.2 Å². The molecule has 0 radical (unpaired) electrons. The van der Waals surface area contributed by atoms with E-state index in [1.54, 1.807) is 0 Å². The zero-order chi connectivity index (χ0) is 45.8. The van der Waals surface area contributed by atoms with Crippen molar-refractivity contribution in [2.45, 2.75) is 297 Å². The summed E-state index contributed by atoms with van der Waals surface area (Å²) < 4.78 is 16.8. The van der Waals surface area contributed by atoms with E-state index in [9.17, 15) is 14.4 Å². The highest BCUT2D eigenvalue weighted by Gasteiger charge is 2.19. The quantitative estimate of drug-likeness (QED) is 0.0262. The Morgan fingerprint density at radius 1 is 0.317 bits per heavy atom. The van der Waals surface area contributed by atoms with Gasteiger partial charge in [0.15, 0.2) is 6.10 Å². The molecule has 0 spiro atoms. The van der Waals surface area contributed by atoms with E-state index in [4.69, 9.17) is 14.2 Å². The molecule has 0 aliphatic carbocycles. The highest BCUT2D eigenvalue weighted by Crippen LogP contribution is 2.16. The highest BCUT2D eigenvalue weighted by molar-refractivity contribution is 5.71. The standard InChI is InChI=1S/C57H104O6/c1-4-7-10-13-16-19-22-25-27-28-30-32-35-38-41-44-47-50-56(59)62-53-54(52-61-55(58)49-46-43-40-37-34-31-24-21-18-15-12-9-6-3)63-57(60)51-48-45-42-39-36-33-29-26-23-20-17-14-11-8-5-2/h16,19,21,24-25,27,54H,4-15,17-18,20,22-23,26,28-53H2,1-3H3/b19-16-,24-21-,27-25-. The first-order valence-corrected chi connectivity index (χ1v) is 27.5. The SMILES string of the molecule is CCCCC/C=C\C/C=C\CCCCCCCCCC(=O)OCC(COC(=O)CCCCCCC/C=C\CCCCCC)OC(=O)CCCCCCCCCCCCCCCCC. The number of carbonyl (C=O) groups is 3. The third kappa shape index (κ3) is 50.5. The van der Waals surface area contributed by atoms with E-state index in [1.807, 2.05) is 0 Å². The van der Waals surface area contributed by atoms with Gasteiger partial charge in [-0.1, -0.05) is 231 Å². The fourth-order valence-electron chi connectivity index (χ4n) is 7.94. The third-order valence-corrected chi connectivity index (χ3v) is 12.1. The summed E-state index contributed by atoms with van der Waals surface area (Å²) in [5.74, 6) is -0.877. The lowest BCUT2D eigenvalue weighted by Crippen LogP contribution is -2.30. The van der Waals surface area contributed by atoms with E-state index in [-0.39, 0.29) is 31.1 Å². The van der Waals surface area contributed by atoms with Crippen LogP contribution in [0.15, 0.2) is 36.5 Å². The Morgan fingerprint density at radius 2 is 0.571 bits per heavy atom. The lowest BCUT2D eigenvalue weighted by Gasteiger charge is -2.18. The molecule has 0 aliphatic rings. The molecule has 6 heteroatoms. The average Bonchev–Trinajstić information content (AvgIpc) is 3.28. The number of unbranched alkanes of at least 4 members (excludes halogenated alkanes) is 33. The molecule has 1 atom stereocenters. The molecule has 0 aromatic heterocycles. The van der Waals surface area contributed by atoms with E-state index >= 15 is 0 Å². The summed E-state index contributed by atoms with van der Waals surface area (Å²) in [6.45, 7) is 6.62. The van der Waals surface area contributed by atoms with Gasteiger partial charge in [0.05, 0.1) is 0 Å². The van der Waals surface area contributed by atoms with Crippen LogP contribution in [0.3, 0.4) is 0 Å². The maximum atomic E-state index is 12.8. The van der Waals surface area contributed by atoms with Crippen molar-refractivity contribution in [3.8, 4) is 0 Å². The molecule has 0 amide bonds. The zero-order valence-corrected chi connectivity index (χ0v) is 42.1. The fourth-order valence-corrected chi connectivity index (χ4v) is 7.94. The normalized spacial score (nSPS) is 12.2. The van der Waals surface area contributed by atoms with Crippen molar-refractivity contribution in [3.63, 3.8) is 0 Å². The van der Waals surface area contributed by atoms with E-state index in [0.29, 0.717) is 19.3 Å². The fraction of sp³-hybridized carbons (Fsp3) is 0.842. The Balaban J connectivity index is 4.36. The van der Waals surface area contributed by atoms with Crippen LogP contribution in [0, 0.1) is 0 Å². The first-order valence-electron chi connectivity index (χ1n) is 27.5. The Kier molecular flexibility index (Phi) is 50.3. The third-order valence-electron chi connectivity index (χ3n) is 12.1. The van der Waals surface area contributed by atoms with Gasteiger partial charge in [-0.05, 0) is 77.0 Å². The summed E-state index contributed by atoms with van der Waals surface area (Å²) in [6.07, 6.45) is 61.2. The Labute approximate surface area is 391 Å². The van der Waals surface area contributed by atoms with Crippen molar-refractivity contribution in [2.75, 3.05) is 13.2 Å². The summed E-state index contributed by atoms with van der Waals surface area (Å²) in [6, 6.07) is 0. The first-order chi connectivity index (χ1) is 31.0. The molecular formula is C57H104O6. The van der Waals surface area contributed by atoms with Crippen LogP contribution in [0.5, 0.6) is 0 Å². The summed E-state index contributed by atoms with van der Waals surface area (Å²) >= 11 is 0. The Bertz CT molecular complexity index is 1060. The molecule has 368 valence electrons. The van der Waals surface area contributed by atoms with Gasteiger partial charge in [-0.2, -0.15) is 0 Å². The first kappa shape index (κ1) is 60.6. The second-order valence-electron chi connectivity index (χ2n) is 18.5. The molecule has 0 aliphatic heterocycles. The summed E-state index contributed by atoms with van der Waals surface area (Å²) in [5, 5.41) is 0. The number of ether oxygens (including phenoxy) is 3. The van der Waals surface area contributed by atoms with Crippen LogP contribution in [0.25, 0.3) is 0 Å². The van der Waals surface area contributed by atoms with Gasteiger partial charge in [0.25, 0.3) is 0 Å². The molecule has 0 aromatic rings. The van der Waals surface area contributed by atoms with Crippen LogP contribution in [-0.4, -0.2) is 37.2 Å². The van der Waals surface area contributed by atoms with Crippen LogP contribution in [0.4, 0.5) is 0 Å². The van der Waals surface area contributed by atoms with E-state index in [1.165, 1.54) is 173 Å². The van der Waals surface area contributed by atoms with Gasteiger partial charge < -0.3 is 14.2 Å². The molecule has 0 saturated carbocycles. The van der Waals surface area contributed by atoms with Gasteiger partial charge in [0.2, 0.25) is 0 Å². The van der Waals surface area contributed by atoms with Crippen molar-refractivity contribution >= 4 is 17.9 Å². The van der Waals surface area contributed by atoms with Crippen molar-refractivity contribution in [3.05, 3.63) is 36.5 Å². The van der Waals surface area contributed by atoms with Crippen LogP contribution in [-0.2, 0) is 28.6 Å². The smallest absolute Gasteiger partial charge is 0.306 e. The summed E-state index contributed by atoms with van der Waals surface area (Å²) in [4.78, 5) is 38.0. The van der Waals surface area contributed by atoms with Gasteiger partial charge in [-0.25, -0.2) is 0 Å². The van der Waals surface area contributed by atoms with E-state index < -0.39 is 6.10 Å². The van der Waals surface area contributed by atoms with Gasteiger partial charge in [0, 0.05) is 19.3 Å². The molecule has 0 fully saturated rings. The summed E-state index contributed by atoms with van der Waals surface area (Å²) in [5.41, 5.74) is 0. The molecule has 63 heavy (non-hydrogen) atoms. The minimum Gasteiger partial charge on any atom is -0.462 e. The second-order valence-corrected chi connectivity index (χ2v) is 18.5. The van der Waals surface area contributed by atoms with Crippen LogP contribution in [0.1, 0.15) is 290 Å². The molecule has 0 heterocycles. The predicted molar refractivity (Wildman–Crippen MR) is 270 cm³/mol. The maximum absolute atomic E-state index is 12.8. The van der Waals surface area contributed by atoms with Crippen molar-refractivity contribution in [1.29, 1.82) is 0 Å². The molecule has 0 bridgehead atoms. The van der Waals surface area contributed by atoms with E-state index in [0.717, 1.165) is 77.0 Å². The predicted octanol–water partition coefficient (Wildman–Crippen LogP) is 18.1. The van der Waals surface area contributed by atoms with Gasteiger partial charge >= 0.3 is 17.9 Å². The zero-order valence-electron chi connectivity index (χ0n) is 42.1. The van der Waals surface area contributed by atoms with Crippen molar-refractivity contribution < 1.29 is 28.6 Å². The molecule has 6 nitrogen and oxygen atoms in total. The largest absolute Gasteiger partial charge is 0.462 e. The lowest BCUT2D eigenvalue weighted by atomic mass is 10.0. The second kappa shape index (κ2) is 52.3. The number of hydrogen-bond acceptors (Lipinski definition) is 6. The number of hydrogen-bond donors (Lipinski definition) is 0. The number of esters is 3. The number of rotatable bonds is 50. The van der Waals surface area contributed by atoms with Crippen LogP contribution in [0.2, 0.25) is 0 Å². The minimum atomic E-state index is -0.775. The molecule has 1 unspecified atom stereocenters. The van der Waals surface area contributed by atoms with Gasteiger partial charge in [-0.3, -0.25) is 14.4 Å². The summed E-state index contributed by atoms with van der Waals surface area (Å²) in [7, 11) is 0. The topological polar surface area (TPSA) is 78.9 Å². The number of allylic oxidation sites excluding steroid dienone is 6. The van der Waals surface area contributed by atoms with Crippen LogP contribution >= 0.6 is 0 Å². The monoisotopic (exact) mass is 885 g/mol. The highest BCUT2D eigenvalue weighted by atomic mass is 16.6. The van der Waals surface area contributed by atoms with Crippen molar-refractivity contribution in [2.24, 2.45) is 0 Å². The minimum absolute atomic E-state index is 0.0758. The maximum Gasteiger partial charge on any atom is 0.306 e. The molecule has 0 rings (SSSR count). The molecular weight excluding hydrogens is 781 g/mol. The van der Waals surface area contributed by atoms with Gasteiger partial charge in [0.1, 0.15) is 13.2 Å². The lowest BCUT2D eigenvalue weighted by molar-refractivity contribution is -0.167. The molecule has 0 N–H and O–H groups in total. The number of carbonyl (C=O) groups excluding carboxylic acids is 3. The molecule has 0 aromatic carbocycles. The Hall–Kier alpha value is -2.37. The van der Waals surface area contributed by atoms with Crippen LogP contribution < -0.4 is 0 Å². The molecule has 0 saturated heterocycles. The van der Waals surface area contributed by atoms with Gasteiger partial charge in [-0.15, -0.1) is 0 Å². The average molecular weight is 885 g/mol. The van der Waals surface area contributed by atoms with Crippen molar-refractivity contribution in [1.82, 2.24) is 0 Å². The Morgan fingerprint density at radius 3 is 0.937 bits per heavy atom.